The number of alkyl halides is 3. The molecule has 0 aliphatic heterocycles. The van der Waals surface area contributed by atoms with Crippen LogP contribution in [0.5, 0.6) is 5.75 Å². The molecule has 2 aromatic carbocycles. The highest BCUT2D eigenvalue weighted by Crippen LogP contribution is 2.36. The number of hydrogen-bond donors (Lipinski definition) is 1. The first-order valence-electron chi connectivity index (χ1n) is 8.02. The van der Waals surface area contributed by atoms with Gasteiger partial charge in [0.1, 0.15) is 12.4 Å². The zero-order chi connectivity index (χ0) is 19.3. The van der Waals surface area contributed by atoms with Crippen molar-refractivity contribution in [1.82, 2.24) is 0 Å². The van der Waals surface area contributed by atoms with Crippen LogP contribution < -0.4 is 10.1 Å². The summed E-state index contributed by atoms with van der Waals surface area (Å²) in [4.78, 5) is 11.6. The molecule has 0 aromatic heterocycles. The van der Waals surface area contributed by atoms with Crippen LogP contribution in [-0.2, 0) is 19.2 Å². The predicted molar refractivity (Wildman–Crippen MR) is 98.9 cm³/mol. The van der Waals surface area contributed by atoms with Crippen LogP contribution in [-0.4, -0.2) is 11.5 Å². The zero-order valence-corrected chi connectivity index (χ0v) is 15.6. The van der Waals surface area contributed by atoms with Gasteiger partial charge in [-0.3, -0.25) is 4.79 Å². The lowest BCUT2D eigenvalue weighted by atomic mass is 10.1. The fourth-order valence-corrected chi connectivity index (χ4v) is 2.74. The number of amides is 1. The van der Waals surface area contributed by atoms with E-state index in [1.54, 1.807) is 12.3 Å². The number of benzene rings is 2. The highest BCUT2D eigenvalue weighted by atomic mass is 32.2. The normalized spacial score (nSPS) is 11.3. The molecule has 0 saturated heterocycles. The molecule has 0 fully saturated rings. The van der Waals surface area contributed by atoms with E-state index in [0.29, 0.717) is 5.75 Å². The van der Waals surface area contributed by atoms with Crippen LogP contribution >= 0.6 is 11.8 Å². The van der Waals surface area contributed by atoms with Gasteiger partial charge in [0.25, 0.3) is 5.24 Å². The molecule has 0 unspecified atom stereocenters. The van der Waals surface area contributed by atoms with Crippen LogP contribution in [0.2, 0.25) is 0 Å². The average Bonchev–Trinajstić information content (AvgIpc) is 2.60. The van der Waals surface area contributed by atoms with Gasteiger partial charge >= 0.3 is 6.18 Å². The molecule has 0 bridgehead atoms. The maximum atomic E-state index is 13.4. The fraction of sp³-hybridized carbons (Fsp3) is 0.316. The van der Waals surface area contributed by atoms with Crippen molar-refractivity contribution in [1.29, 1.82) is 0 Å². The second-order valence-electron chi connectivity index (χ2n) is 5.69. The quantitative estimate of drug-likeness (QED) is 0.683. The Hall–Kier alpha value is -2.15. The Labute approximate surface area is 154 Å². The lowest BCUT2D eigenvalue weighted by Crippen LogP contribution is -2.15. The van der Waals surface area contributed by atoms with Gasteiger partial charge in [0, 0.05) is 11.3 Å². The van der Waals surface area contributed by atoms with Crippen LogP contribution in [0.1, 0.15) is 29.2 Å². The molecule has 1 amide bonds. The van der Waals surface area contributed by atoms with E-state index in [-0.39, 0.29) is 17.9 Å². The van der Waals surface area contributed by atoms with E-state index in [2.05, 4.69) is 5.32 Å². The van der Waals surface area contributed by atoms with E-state index in [4.69, 9.17) is 4.74 Å². The van der Waals surface area contributed by atoms with Gasteiger partial charge in [-0.1, -0.05) is 36.9 Å². The number of hydrogen-bond acceptors (Lipinski definition) is 3. The second kappa shape index (κ2) is 8.49. The minimum absolute atomic E-state index is 0.0960. The molecule has 0 spiro atoms. The van der Waals surface area contributed by atoms with Crippen molar-refractivity contribution >= 4 is 22.7 Å². The van der Waals surface area contributed by atoms with Gasteiger partial charge in [-0.15, -0.1) is 0 Å². The lowest BCUT2D eigenvalue weighted by molar-refractivity contribution is -0.138. The van der Waals surface area contributed by atoms with E-state index < -0.39 is 17.0 Å². The van der Waals surface area contributed by atoms with Crippen LogP contribution in [0.25, 0.3) is 0 Å². The van der Waals surface area contributed by atoms with E-state index in [1.165, 1.54) is 12.1 Å². The third-order valence-corrected chi connectivity index (χ3v) is 4.40. The lowest BCUT2D eigenvalue weighted by Gasteiger charge is -2.18. The topological polar surface area (TPSA) is 38.3 Å². The molecule has 2 rings (SSSR count). The van der Waals surface area contributed by atoms with Gasteiger partial charge in [0.2, 0.25) is 0 Å². The largest absolute Gasteiger partial charge is 0.489 e. The third-order valence-electron chi connectivity index (χ3n) is 3.92. The van der Waals surface area contributed by atoms with Crippen molar-refractivity contribution in [3.8, 4) is 5.75 Å². The molecule has 3 nitrogen and oxygen atoms in total. The van der Waals surface area contributed by atoms with Gasteiger partial charge in [-0.05, 0) is 48.9 Å². The summed E-state index contributed by atoms with van der Waals surface area (Å²) in [5, 5.41) is 2.05. The maximum absolute atomic E-state index is 13.4. The summed E-state index contributed by atoms with van der Waals surface area (Å²) in [7, 11) is 0. The molecule has 26 heavy (non-hydrogen) atoms. The van der Waals surface area contributed by atoms with Gasteiger partial charge < -0.3 is 10.1 Å². The van der Waals surface area contributed by atoms with E-state index in [0.717, 1.165) is 35.4 Å². The summed E-state index contributed by atoms with van der Waals surface area (Å²) in [5.74, 6) is 0.515. The predicted octanol–water partition coefficient (Wildman–Crippen LogP) is 6.05. The Kier molecular flexibility index (Phi) is 6.58. The SMILES string of the molecule is CCc1ccc(OCc2c(NC(=O)SC)cccc2C(F)(F)F)c(C)c1. The molecule has 0 aliphatic rings. The smallest absolute Gasteiger partial charge is 0.416 e. The van der Waals surface area contributed by atoms with E-state index in [9.17, 15) is 18.0 Å². The molecule has 1 N–H and O–H groups in total. The molecule has 0 atom stereocenters. The number of anilines is 1. The fourth-order valence-electron chi connectivity index (χ4n) is 2.53. The molecular weight excluding hydrogens is 363 g/mol. The standard InChI is InChI=1S/C19H20F3NO2S/c1-4-13-8-9-17(12(2)10-13)25-11-14-15(19(20,21)22)6-5-7-16(14)23-18(24)26-3/h5-10H,4,11H2,1-3H3,(H,23,24). The minimum atomic E-state index is -4.54. The number of halogens is 3. The summed E-state index contributed by atoms with van der Waals surface area (Å²) < 4.78 is 45.8. The van der Waals surface area contributed by atoms with Gasteiger partial charge in [-0.2, -0.15) is 13.2 Å². The van der Waals surface area contributed by atoms with E-state index >= 15 is 0 Å². The van der Waals surface area contributed by atoms with Crippen molar-refractivity contribution in [3.05, 3.63) is 58.7 Å². The zero-order valence-electron chi connectivity index (χ0n) is 14.7. The van der Waals surface area contributed by atoms with Crippen molar-refractivity contribution in [2.45, 2.75) is 33.1 Å². The van der Waals surface area contributed by atoms with Crippen molar-refractivity contribution in [2.75, 3.05) is 11.6 Å². The highest BCUT2D eigenvalue weighted by Gasteiger charge is 2.34. The second-order valence-corrected chi connectivity index (χ2v) is 6.47. The summed E-state index contributed by atoms with van der Waals surface area (Å²) in [6.07, 6.45) is -2.12. The monoisotopic (exact) mass is 383 g/mol. The van der Waals surface area contributed by atoms with Crippen LogP contribution in [0.3, 0.4) is 0 Å². The number of nitrogens with one attached hydrogen (secondary N) is 1. The average molecular weight is 383 g/mol. The number of aryl methyl sites for hydroxylation is 2. The molecule has 0 radical (unpaired) electrons. The summed E-state index contributed by atoms with van der Waals surface area (Å²) >= 11 is 0.891. The number of thioether (sulfide) groups is 1. The van der Waals surface area contributed by atoms with E-state index in [1.807, 2.05) is 26.0 Å². The Morgan fingerprint density at radius 1 is 1.23 bits per heavy atom. The Morgan fingerprint density at radius 2 is 1.96 bits per heavy atom. The molecule has 2 aromatic rings. The summed E-state index contributed by atoms with van der Waals surface area (Å²) in [6.45, 7) is 3.57. The summed E-state index contributed by atoms with van der Waals surface area (Å²) in [5.41, 5.74) is 1.16. The van der Waals surface area contributed by atoms with Crippen LogP contribution in [0, 0.1) is 6.92 Å². The van der Waals surface area contributed by atoms with Crippen LogP contribution in [0.15, 0.2) is 36.4 Å². The van der Waals surface area contributed by atoms with Crippen molar-refractivity contribution in [3.63, 3.8) is 0 Å². The Morgan fingerprint density at radius 3 is 2.54 bits per heavy atom. The number of carbonyl (C=O) groups excluding carboxylic acids is 1. The molecule has 140 valence electrons. The molecular formula is C19H20F3NO2S. The van der Waals surface area contributed by atoms with Gasteiger partial charge in [0.15, 0.2) is 0 Å². The third kappa shape index (κ3) is 4.94. The number of ether oxygens (including phenoxy) is 1. The molecule has 0 saturated carbocycles. The Balaban J connectivity index is 2.35. The summed E-state index contributed by atoms with van der Waals surface area (Å²) in [6, 6.07) is 9.28. The Bertz CT molecular complexity index is 791. The molecule has 7 heteroatoms. The molecule has 0 heterocycles. The first-order chi connectivity index (χ1) is 12.3. The van der Waals surface area contributed by atoms with Gasteiger partial charge in [0.05, 0.1) is 5.56 Å². The number of carbonyl (C=O) groups is 1. The number of rotatable bonds is 5. The highest BCUT2D eigenvalue weighted by molar-refractivity contribution is 8.13. The first kappa shape index (κ1) is 20.2. The minimum Gasteiger partial charge on any atom is -0.489 e. The van der Waals surface area contributed by atoms with Crippen molar-refractivity contribution in [2.24, 2.45) is 0 Å². The van der Waals surface area contributed by atoms with Crippen molar-refractivity contribution < 1.29 is 22.7 Å². The van der Waals surface area contributed by atoms with Gasteiger partial charge in [-0.25, -0.2) is 0 Å². The maximum Gasteiger partial charge on any atom is 0.416 e. The molecule has 0 aliphatic carbocycles. The first-order valence-corrected chi connectivity index (χ1v) is 9.25. The van der Waals surface area contributed by atoms with Crippen LogP contribution in [0.4, 0.5) is 23.7 Å².